The molecule has 0 aliphatic heterocycles. The van der Waals surface area contributed by atoms with E-state index in [1.54, 1.807) is 19.1 Å². The maximum absolute atomic E-state index is 13.0. The van der Waals surface area contributed by atoms with Crippen LogP contribution in [0.15, 0.2) is 24.3 Å². The fourth-order valence-corrected chi connectivity index (χ4v) is 3.34. The van der Waals surface area contributed by atoms with Crippen LogP contribution in [0.1, 0.15) is 52.0 Å². The topological polar surface area (TPSA) is 197 Å². The first-order chi connectivity index (χ1) is 16.5. The number of aliphatic carboxylic acids is 1. The highest BCUT2D eigenvalue weighted by Crippen LogP contribution is 2.13. The number of rotatable bonds is 15. The summed E-state index contributed by atoms with van der Waals surface area (Å²) in [6, 6.07) is 2.02. The Balaban J connectivity index is 2.81. The van der Waals surface area contributed by atoms with Crippen molar-refractivity contribution in [2.45, 2.75) is 77.0 Å². The standard InChI is InChI=1S/C24H39N5O6/c1-4-14(2)20(29-21(31)15(3)27-22(32)18(26)7-5-6-12-25)23(33)28-19(24(34)35)13-16-8-10-17(30)11-9-16/h8-11,14-15,18-20,30H,4-7,12-13,25-26H2,1-3H3,(H,27,32)(H,28,33)(H,29,31)(H,34,35). The number of nitrogens with two attached hydrogens (primary N) is 2. The number of phenols is 1. The molecule has 35 heavy (non-hydrogen) atoms. The molecule has 0 fully saturated rings. The van der Waals surface area contributed by atoms with Crippen molar-refractivity contribution < 1.29 is 29.4 Å². The van der Waals surface area contributed by atoms with Crippen molar-refractivity contribution in [2.75, 3.05) is 6.54 Å². The van der Waals surface area contributed by atoms with Crippen LogP contribution in [-0.2, 0) is 25.6 Å². The summed E-state index contributed by atoms with van der Waals surface area (Å²) in [7, 11) is 0. The quantitative estimate of drug-likeness (QED) is 0.166. The summed E-state index contributed by atoms with van der Waals surface area (Å²) >= 11 is 0. The van der Waals surface area contributed by atoms with Gasteiger partial charge >= 0.3 is 5.97 Å². The highest BCUT2D eigenvalue weighted by Gasteiger charge is 2.31. The number of aromatic hydroxyl groups is 1. The molecule has 3 amide bonds. The number of benzene rings is 1. The van der Waals surface area contributed by atoms with Gasteiger partial charge in [-0.1, -0.05) is 38.8 Å². The van der Waals surface area contributed by atoms with Crippen molar-refractivity contribution in [2.24, 2.45) is 17.4 Å². The van der Waals surface area contributed by atoms with Gasteiger partial charge in [-0.15, -0.1) is 0 Å². The predicted octanol–water partition coefficient (Wildman–Crippen LogP) is -0.00400. The molecule has 11 nitrogen and oxygen atoms in total. The molecule has 0 bridgehead atoms. The van der Waals surface area contributed by atoms with Crippen molar-refractivity contribution in [3.8, 4) is 5.75 Å². The molecule has 11 heteroatoms. The lowest BCUT2D eigenvalue weighted by Crippen LogP contribution is -2.58. The Morgan fingerprint density at radius 2 is 1.57 bits per heavy atom. The molecule has 1 aromatic carbocycles. The summed E-state index contributed by atoms with van der Waals surface area (Å²) in [5.41, 5.74) is 11.9. The molecular formula is C24H39N5O6. The van der Waals surface area contributed by atoms with Crippen LogP contribution in [0.4, 0.5) is 0 Å². The molecule has 0 radical (unpaired) electrons. The summed E-state index contributed by atoms with van der Waals surface area (Å²) in [4.78, 5) is 49.8. The molecule has 5 atom stereocenters. The van der Waals surface area contributed by atoms with Crippen molar-refractivity contribution >= 4 is 23.7 Å². The molecule has 0 saturated carbocycles. The molecule has 5 unspecified atom stereocenters. The van der Waals surface area contributed by atoms with Crippen LogP contribution in [0, 0.1) is 5.92 Å². The minimum atomic E-state index is -1.24. The van der Waals surface area contributed by atoms with Crippen LogP contribution in [0.3, 0.4) is 0 Å². The predicted molar refractivity (Wildman–Crippen MR) is 131 cm³/mol. The van der Waals surface area contributed by atoms with Crippen LogP contribution < -0.4 is 27.4 Å². The Labute approximate surface area is 206 Å². The molecule has 0 aliphatic rings. The lowest BCUT2D eigenvalue weighted by Gasteiger charge is -2.27. The lowest BCUT2D eigenvalue weighted by molar-refractivity contribution is -0.142. The number of hydrogen-bond donors (Lipinski definition) is 7. The number of carbonyl (C=O) groups excluding carboxylic acids is 3. The number of unbranched alkanes of at least 4 members (excludes halogenated alkanes) is 1. The van der Waals surface area contributed by atoms with E-state index in [2.05, 4.69) is 16.0 Å². The fourth-order valence-electron chi connectivity index (χ4n) is 3.34. The van der Waals surface area contributed by atoms with Gasteiger partial charge in [0.1, 0.15) is 23.9 Å². The van der Waals surface area contributed by atoms with Crippen molar-refractivity contribution in [1.29, 1.82) is 0 Å². The molecule has 0 heterocycles. The maximum Gasteiger partial charge on any atom is 0.326 e. The number of phenolic OH excluding ortho intramolecular Hbond substituents is 1. The van der Waals surface area contributed by atoms with E-state index in [4.69, 9.17) is 11.5 Å². The van der Waals surface area contributed by atoms with Gasteiger partial charge in [0.2, 0.25) is 17.7 Å². The highest BCUT2D eigenvalue weighted by molar-refractivity contribution is 5.94. The third-order valence-corrected chi connectivity index (χ3v) is 5.84. The van der Waals surface area contributed by atoms with Crippen LogP contribution in [0.25, 0.3) is 0 Å². The van der Waals surface area contributed by atoms with E-state index in [0.29, 0.717) is 31.4 Å². The zero-order valence-electron chi connectivity index (χ0n) is 20.6. The van der Waals surface area contributed by atoms with E-state index in [-0.39, 0.29) is 18.1 Å². The SMILES string of the molecule is CCC(C)C(NC(=O)C(C)NC(=O)C(N)CCCCN)C(=O)NC(Cc1ccc(O)cc1)C(=O)O. The highest BCUT2D eigenvalue weighted by atomic mass is 16.4. The Morgan fingerprint density at radius 3 is 2.11 bits per heavy atom. The van der Waals surface area contributed by atoms with E-state index in [1.165, 1.54) is 19.1 Å². The molecule has 1 rings (SSSR count). The molecule has 196 valence electrons. The maximum atomic E-state index is 13.0. The van der Waals surface area contributed by atoms with Gasteiger partial charge in [-0.3, -0.25) is 14.4 Å². The second kappa shape index (κ2) is 14.9. The van der Waals surface area contributed by atoms with Crippen molar-refractivity contribution in [1.82, 2.24) is 16.0 Å². The van der Waals surface area contributed by atoms with Gasteiger partial charge in [-0.05, 0) is 49.9 Å². The smallest absolute Gasteiger partial charge is 0.326 e. The summed E-state index contributed by atoms with van der Waals surface area (Å²) in [5.74, 6) is -3.20. The van der Waals surface area contributed by atoms with Gasteiger partial charge in [-0.25, -0.2) is 4.79 Å². The number of carboxylic acids is 1. The molecule has 0 aromatic heterocycles. The molecule has 9 N–H and O–H groups in total. The van der Waals surface area contributed by atoms with Gasteiger partial charge in [-0.2, -0.15) is 0 Å². The Hall–Kier alpha value is -3.18. The lowest BCUT2D eigenvalue weighted by atomic mass is 9.97. The molecule has 0 saturated heterocycles. The van der Waals surface area contributed by atoms with Gasteiger partial charge in [0.25, 0.3) is 0 Å². The average Bonchev–Trinajstić information content (AvgIpc) is 2.82. The van der Waals surface area contributed by atoms with E-state index in [1.807, 2.05) is 6.92 Å². The first-order valence-corrected chi connectivity index (χ1v) is 11.9. The number of carboxylic acid groups (broad SMARTS) is 1. The van der Waals surface area contributed by atoms with Crippen LogP contribution in [-0.4, -0.2) is 64.6 Å². The first-order valence-electron chi connectivity index (χ1n) is 11.9. The molecule has 0 spiro atoms. The van der Waals surface area contributed by atoms with E-state index in [0.717, 1.165) is 6.42 Å². The van der Waals surface area contributed by atoms with E-state index < -0.39 is 47.9 Å². The van der Waals surface area contributed by atoms with E-state index in [9.17, 15) is 29.4 Å². The van der Waals surface area contributed by atoms with Crippen LogP contribution in [0.2, 0.25) is 0 Å². The van der Waals surface area contributed by atoms with Gasteiger partial charge < -0.3 is 37.6 Å². The minimum Gasteiger partial charge on any atom is -0.508 e. The summed E-state index contributed by atoms with van der Waals surface area (Å²) in [5, 5.41) is 26.7. The number of amides is 3. The summed E-state index contributed by atoms with van der Waals surface area (Å²) in [6.07, 6.45) is 2.41. The van der Waals surface area contributed by atoms with Crippen LogP contribution >= 0.6 is 0 Å². The van der Waals surface area contributed by atoms with Crippen LogP contribution in [0.5, 0.6) is 5.75 Å². The number of carbonyl (C=O) groups is 4. The van der Waals surface area contributed by atoms with Gasteiger partial charge in [0.15, 0.2) is 0 Å². The zero-order valence-corrected chi connectivity index (χ0v) is 20.6. The summed E-state index contributed by atoms with van der Waals surface area (Å²) < 4.78 is 0. The second-order valence-corrected chi connectivity index (χ2v) is 8.76. The largest absolute Gasteiger partial charge is 0.508 e. The molecule has 0 aliphatic carbocycles. The normalized spacial score (nSPS) is 15.2. The van der Waals surface area contributed by atoms with Gasteiger partial charge in [0, 0.05) is 6.42 Å². The first kappa shape index (κ1) is 29.9. The average molecular weight is 494 g/mol. The van der Waals surface area contributed by atoms with Crippen molar-refractivity contribution in [3.63, 3.8) is 0 Å². The Morgan fingerprint density at radius 1 is 0.943 bits per heavy atom. The Kier molecular flexibility index (Phi) is 12.7. The minimum absolute atomic E-state index is 0.00295. The summed E-state index contributed by atoms with van der Waals surface area (Å²) in [6.45, 7) is 5.59. The van der Waals surface area contributed by atoms with Gasteiger partial charge in [0.05, 0.1) is 6.04 Å². The molecule has 1 aromatic rings. The third-order valence-electron chi connectivity index (χ3n) is 5.84. The second-order valence-electron chi connectivity index (χ2n) is 8.76. The third kappa shape index (κ3) is 10.3. The fraction of sp³-hybridized carbons (Fsp3) is 0.583. The number of hydrogen-bond acceptors (Lipinski definition) is 7. The Bertz CT molecular complexity index is 847. The molecular weight excluding hydrogens is 454 g/mol. The monoisotopic (exact) mass is 493 g/mol. The van der Waals surface area contributed by atoms with E-state index >= 15 is 0 Å². The number of nitrogens with one attached hydrogen (secondary N) is 3. The zero-order chi connectivity index (χ0) is 26.5. The van der Waals surface area contributed by atoms with Crippen molar-refractivity contribution in [3.05, 3.63) is 29.8 Å².